The molecule has 1 fully saturated rings. The van der Waals surface area contributed by atoms with Crippen LogP contribution >= 0.6 is 0 Å². The van der Waals surface area contributed by atoms with Crippen molar-refractivity contribution in [3.05, 3.63) is 53.1 Å². The molecule has 0 atom stereocenters. The molecule has 6 nitrogen and oxygen atoms in total. The molecule has 23 heavy (non-hydrogen) atoms. The number of amides is 2. The molecule has 7 heteroatoms. The number of aromatic nitrogens is 2. The maximum Gasteiger partial charge on any atom is 0.271 e. The highest BCUT2D eigenvalue weighted by atomic mass is 19.1. The lowest BCUT2D eigenvalue weighted by molar-refractivity contribution is 0.0937. The summed E-state index contributed by atoms with van der Waals surface area (Å²) >= 11 is 0. The predicted octanol–water partition coefficient (Wildman–Crippen LogP) is 1.32. The molecule has 120 valence electrons. The SMILES string of the molecule is CNC(=O)c1cc(C(=O)NC2CC2)n(Cc2ccc(F)cc2)n1. The summed E-state index contributed by atoms with van der Waals surface area (Å²) in [5.74, 6) is -0.937. The van der Waals surface area contributed by atoms with Gasteiger partial charge < -0.3 is 10.6 Å². The van der Waals surface area contributed by atoms with Gasteiger partial charge in [0, 0.05) is 19.2 Å². The first kappa shape index (κ1) is 15.2. The Morgan fingerprint density at radius 3 is 2.57 bits per heavy atom. The first-order valence-corrected chi connectivity index (χ1v) is 7.42. The van der Waals surface area contributed by atoms with Crippen molar-refractivity contribution in [3.8, 4) is 0 Å². The summed E-state index contributed by atoms with van der Waals surface area (Å²) < 4.78 is 14.5. The quantitative estimate of drug-likeness (QED) is 0.873. The number of carbonyl (C=O) groups is 2. The molecule has 1 aromatic heterocycles. The van der Waals surface area contributed by atoms with E-state index >= 15 is 0 Å². The van der Waals surface area contributed by atoms with Crippen LogP contribution in [0.3, 0.4) is 0 Å². The lowest BCUT2D eigenvalue weighted by Crippen LogP contribution is -2.28. The summed E-state index contributed by atoms with van der Waals surface area (Å²) in [5.41, 5.74) is 1.29. The zero-order valence-corrected chi connectivity index (χ0v) is 12.7. The first-order valence-electron chi connectivity index (χ1n) is 7.42. The molecule has 3 rings (SSSR count). The Morgan fingerprint density at radius 1 is 1.26 bits per heavy atom. The van der Waals surface area contributed by atoms with Crippen LogP contribution in [0.5, 0.6) is 0 Å². The molecule has 2 N–H and O–H groups in total. The Labute approximate surface area is 132 Å². The largest absolute Gasteiger partial charge is 0.354 e. The summed E-state index contributed by atoms with van der Waals surface area (Å²) in [5, 5.41) is 9.57. The summed E-state index contributed by atoms with van der Waals surface area (Å²) in [6, 6.07) is 7.63. The third-order valence-electron chi connectivity index (χ3n) is 3.63. The smallest absolute Gasteiger partial charge is 0.271 e. The molecule has 0 radical (unpaired) electrons. The third-order valence-corrected chi connectivity index (χ3v) is 3.63. The summed E-state index contributed by atoms with van der Waals surface area (Å²) in [6.07, 6.45) is 1.94. The van der Waals surface area contributed by atoms with Gasteiger partial charge in [0.15, 0.2) is 5.69 Å². The van der Waals surface area contributed by atoms with Gasteiger partial charge >= 0.3 is 0 Å². The van der Waals surface area contributed by atoms with Crippen LogP contribution in [0.25, 0.3) is 0 Å². The molecule has 0 aliphatic heterocycles. The van der Waals surface area contributed by atoms with E-state index in [-0.39, 0.29) is 35.9 Å². The van der Waals surface area contributed by atoms with Gasteiger partial charge in [0.2, 0.25) is 0 Å². The highest BCUT2D eigenvalue weighted by molar-refractivity contribution is 5.98. The van der Waals surface area contributed by atoms with E-state index in [1.54, 1.807) is 12.1 Å². The van der Waals surface area contributed by atoms with Gasteiger partial charge in [0.1, 0.15) is 11.5 Å². The zero-order chi connectivity index (χ0) is 16.4. The van der Waals surface area contributed by atoms with E-state index in [0.29, 0.717) is 5.69 Å². The molecule has 2 amide bonds. The van der Waals surface area contributed by atoms with Crippen molar-refractivity contribution in [3.63, 3.8) is 0 Å². The number of hydrogen-bond donors (Lipinski definition) is 2. The van der Waals surface area contributed by atoms with Crippen LogP contribution in [0.2, 0.25) is 0 Å². The first-order chi connectivity index (χ1) is 11.1. The second-order valence-corrected chi connectivity index (χ2v) is 5.53. The molecule has 0 bridgehead atoms. The van der Waals surface area contributed by atoms with Gasteiger partial charge in [-0.05, 0) is 30.5 Å². The molecule has 1 aliphatic rings. The molecule has 1 aliphatic carbocycles. The van der Waals surface area contributed by atoms with Crippen molar-refractivity contribution >= 4 is 11.8 Å². The number of halogens is 1. The van der Waals surface area contributed by atoms with Crippen LogP contribution in [0.15, 0.2) is 30.3 Å². The maximum absolute atomic E-state index is 13.0. The van der Waals surface area contributed by atoms with Crippen LogP contribution in [0.4, 0.5) is 4.39 Å². The van der Waals surface area contributed by atoms with Gasteiger partial charge in [-0.3, -0.25) is 14.3 Å². The van der Waals surface area contributed by atoms with E-state index in [1.807, 2.05) is 0 Å². The lowest BCUT2D eigenvalue weighted by Gasteiger charge is -2.08. The van der Waals surface area contributed by atoms with E-state index in [2.05, 4.69) is 15.7 Å². The van der Waals surface area contributed by atoms with Gasteiger partial charge in [-0.1, -0.05) is 12.1 Å². The molecule has 0 saturated heterocycles. The second-order valence-electron chi connectivity index (χ2n) is 5.53. The molecule has 0 spiro atoms. The van der Waals surface area contributed by atoms with Crippen LogP contribution in [0.1, 0.15) is 39.4 Å². The molecule has 1 heterocycles. The summed E-state index contributed by atoms with van der Waals surface area (Å²) in [6.45, 7) is 0.282. The standard InChI is InChI=1S/C16H17FN4O2/c1-18-15(22)13-8-14(16(23)19-12-6-7-12)21(20-13)9-10-2-4-11(17)5-3-10/h2-5,8,12H,6-7,9H2,1H3,(H,18,22)(H,19,23). The number of hydrogen-bond acceptors (Lipinski definition) is 3. The Bertz CT molecular complexity index is 735. The van der Waals surface area contributed by atoms with E-state index < -0.39 is 0 Å². The van der Waals surface area contributed by atoms with Crippen molar-refractivity contribution in [1.82, 2.24) is 20.4 Å². The average molecular weight is 316 g/mol. The van der Waals surface area contributed by atoms with Crippen molar-refractivity contribution in [2.24, 2.45) is 0 Å². The Morgan fingerprint density at radius 2 is 1.96 bits per heavy atom. The third kappa shape index (κ3) is 3.56. The lowest BCUT2D eigenvalue weighted by atomic mass is 10.2. The number of nitrogens with zero attached hydrogens (tertiary/aromatic N) is 2. The van der Waals surface area contributed by atoms with Gasteiger partial charge in [-0.25, -0.2) is 4.39 Å². The Hall–Kier alpha value is -2.70. The number of benzene rings is 1. The summed E-state index contributed by atoms with van der Waals surface area (Å²) in [4.78, 5) is 24.1. The molecular formula is C16H17FN4O2. The minimum atomic E-state index is -0.358. The van der Waals surface area contributed by atoms with E-state index in [0.717, 1.165) is 18.4 Å². The van der Waals surface area contributed by atoms with Gasteiger partial charge in [0.25, 0.3) is 11.8 Å². The highest BCUT2D eigenvalue weighted by Crippen LogP contribution is 2.20. The van der Waals surface area contributed by atoms with Crippen molar-refractivity contribution in [1.29, 1.82) is 0 Å². The van der Waals surface area contributed by atoms with Crippen molar-refractivity contribution < 1.29 is 14.0 Å². The van der Waals surface area contributed by atoms with Crippen LogP contribution < -0.4 is 10.6 Å². The van der Waals surface area contributed by atoms with E-state index in [1.165, 1.54) is 29.9 Å². The number of carbonyl (C=O) groups excluding carboxylic acids is 2. The van der Waals surface area contributed by atoms with Crippen molar-refractivity contribution in [2.45, 2.75) is 25.4 Å². The Kier molecular flexibility index (Phi) is 4.10. The number of rotatable bonds is 5. The van der Waals surface area contributed by atoms with Crippen molar-refractivity contribution in [2.75, 3.05) is 7.05 Å². The van der Waals surface area contributed by atoms with E-state index in [4.69, 9.17) is 0 Å². The zero-order valence-electron chi connectivity index (χ0n) is 12.7. The summed E-state index contributed by atoms with van der Waals surface area (Å²) in [7, 11) is 1.51. The minimum Gasteiger partial charge on any atom is -0.354 e. The van der Waals surface area contributed by atoms with Gasteiger partial charge in [0.05, 0.1) is 6.54 Å². The van der Waals surface area contributed by atoms with Gasteiger partial charge in [-0.2, -0.15) is 5.10 Å². The fraction of sp³-hybridized carbons (Fsp3) is 0.312. The highest BCUT2D eigenvalue weighted by Gasteiger charge is 2.26. The van der Waals surface area contributed by atoms with Crippen LogP contribution in [-0.2, 0) is 6.54 Å². The van der Waals surface area contributed by atoms with Gasteiger partial charge in [-0.15, -0.1) is 0 Å². The normalized spacial score (nSPS) is 13.7. The molecular weight excluding hydrogens is 299 g/mol. The predicted molar refractivity (Wildman–Crippen MR) is 81.6 cm³/mol. The van der Waals surface area contributed by atoms with Crippen LogP contribution in [-0.4, -0.2) is 34.7 Å². The molecule has 1 saturated carbocycles. The monoisotopic (exact) mass is 316 g/mol. The molecule has 1 aromatic carbocycles. The van der Waals surface area contributed by atoms with E-state index in [9.17, 15) is 14.0 Å². The van der Waals surface area contributed by atoms with Crippen LogP contribution in [0, 0.1) is 5.82 Å². The minimum absolute atomic E-state index is 0.176. The fourth-order valence-corrected chi connectivity index (χ4v) is 2.21. The molecule has 0 unspecified atom stereocenters. The molecule has 2 aromatic rings. The topological polar surface area (TPSA) is 76.0 Å². The fourth-order valence-electron chi connectivity index (χ4n) is 2.21. The number of nitrogens with one attached hydrogen (secondary N) is 2. The Balaban J connectivity index is 1.88. The average Bonchev–Trinajstić information content (AvgIpc) is 3.26. The maximum atomic E-state index is 13.0. The second kappa shape index (κ2) is 6.20.